The molecule has 2 aliphatic rings. The summed E-state index contributed by atoms with van der Waals surface area (Å²) in [5, 5.41) is 0. The first kappa shape index (κ1) is 43.1. The van der Waals surface area contributed by atoms with E-state index in [1.54, 1.807) is 89.2 Å². The zero-order chi connectivity index (χ0) is 38.8. The van der Waals surface area contributed by atoms with Gasteiger partial charge in [0, 0.05) is 0 Å². The van der Waals surface area contributed by atoms with E-state index >= 15 is 0 Å². The Balaban J connectivity index is 2.74. The second kappa shape index (κ2) is 15.7. The average Bonchev–Trinajstić information content (AvgIpc) is 2.91. The molecule has 0 N–H and O–H groups in total. The largest absolute Gasteiger partial charge is 0.462 e. The van der Waals surface area contributed by atoms with Crippen LogP contribution in [0.3, 0.4) is 0 Å². The summed E-state index contributed by atoms with van der Waals surface area (Å²) >= 11 is 0. The summed E-state index contributed by atoms with van der Waals surface area (Å²) in [6, 6.07) is 0. The lowest BCUT2D eigenvalue weighted by Gasteiger charge is -2.47. The summed E-state index contributed by atoms with van der Waals surface area (Å²) in [5.74, 6) is -2.47. The van der Waals surface area contributed by atoms with Gasteiger partial charge >= 0.3 is 23.9 Å². The lowest BCUT2D eigenvalue weighted by Crippen LogP contribution is -2.64. The Labute approximate surface area is 299 Å². The Kier molecular flexibility index (Phi) is 13.5. The van der Waals surface area contributed by atoms with Crippen molar-refractivity contribution in [2.75, 3.05) is 6.61 Å². The first-order valence-electron chi connectivity index (χ1n) is 17.5. The minimum Gasteiger partial charge on any atom is -0.462 e. The number of hydrogen-bond donors (Lipinski definition) is 0. The Bertz CT molecular complexity index is 1340. The first-order chi connectivity index (χ1) is 22.4. The van der Waals surface area contributed by atoms with Gasteiger partial charge < -0.3 is 28.4 Å². The Hall–Kier alpha value is -3.05. The summed E-state index contributed by atoms with van der Waals surface area (Å²) in [7, 11) is 0. The van der Waals surface area contributed by atoms with E-state index in [-0.39, 0.29) is 12.4 Å². The highest BCUT2D eigenvalue weighted by Crippen LogP contribution is 2.44. The van der Waals surface area contributed by atoms with Gasteiger partial charge in [0.15, 0.2) is 30.4 Å². The SMILES string of the molecule is CC(=O)/C=C/C1=C(C)CC(O[C@@H]2O[C@H](COC(=O)C(C)(C)C)[C@@H](OC(=O)C(C)(C)C)[C@H](OC(=O)C(C)(C)C)[C@H]2OC(=O)C(C)(C)C)CC1(C)C. The molecule has 11 nitrogen and oxygen atoms in total. The molecule has 0 aromatic heterocycles. The average molecular weight is 707 g/mol. The van der Waals surface area contributed by atoms with Crippen LogP contribution in [0.5, 0.6) is 0 Å². The van der Waals surface area contributed by atoms with Gasteiger partial charge in [-0.3, -0.25) is 24.0 Å². The highest BCUT2D eigenvalue weighted by molar-refractivity contribution is 5.87. The third kappa shape index (κ3) is 11.8. The quantitative estimate of drug-likeness (QED) is 0.141. The third-order valence-corrected chi connectivity index (χ3v) is 8.42. The van der Waals surface area contributed by atoms with Gasteiger partial charge in [0.25, 0.3) is 0 Å². The van der Waals surface area contributed by atoms with E-state index in [0.29, 0.717) is 12.8 Å². The van der Waals surface area contributed by atoms with Crippen LogP contribution in [-0.2, 0) is 52.4 Å². The Morgan fingerprint density at radius 3 is 1.58 bits per heavy atom. The van der Waals surface area contributed by atoms with Crippen molar-refractivity contribution in [3.05, 3.63) is 23.3 Å². The van der Waals surface area contributed by atoms with E-state index in [4.69, 9.17) is 28.4 Å². The van der Waals surface area contributed by atoms with E-state index in [9.17, 15) is 24.0 Å². The van der Waals surface area contributed by atoms with E-state index < -0.39 is 87.8 Å². The van der Waals surface area contributed by atoms with Crippen molar-refractivity contribution >= 4 is 29.7 Å². The van der Waals surface area contributed by atoms with E-state index in [1.165, 1.54) is 6.92 Å². The highest BCUT2D eigenvalue weighted by Gasteiger charge is 2.56. The maximum Gasteiger partial charge on any atom is 0.311 e. The number of allylic oxidation sites excluding steroid dienone is 3. The molecule has 284 valence electrons. The summed E-state index contributed by atoms with van der Waals surface area (Å²) in [4.78, 5) is 65.2. The molecule has 50 heavy (non-hydrogen) atoms. The summed E-state index contributed by atoms with van der Waals surface area (Å²) in [6.07, 6.45) is -2.66. The number of ether oxygens (including phenoxy) is 6. The molecule has 1 heterocycles. The fourth-order valence-electron chi connectivity index (χ4n) is 5.43. The molecule has 2 rings (SSSR count). The van der Waals surface area contributed by atoms with Crippen LogP contribution in [0.15, 0.2) is 23.3 Å². The normalized spacial score (nSPS) is 26.3. The topological polar surface area (TPSA) is 141 Å². The van der Waals surface area contributed by atoms with Gasteiger partial charge in [-0.05, 0) is 127 Å². The molecule has 0 bridgehead atoms. The fraction of sp³-hybridized carbons (Fsp3) is 0.769. The van der Waals surface area contributed by atoms with Gasteiger partial charge in [0.1, 0.15) is 12.7 Å². The minimum absolute atomic E-state index is 0.0608. The fourth-order valence-corrected chi connectivity index (χ4v) is 5.43. The number of rotatable bonds is 9. The lowest BCUT2D eigenvalue weighted by atomic mass is 9.71. The van der Waals surface area contributed by atoms with Gasteiger partial charge in [0.05, 0.1) is 27.8 Å². The summed E-state index contributed by atoms with van der Waals surface area (Å²) in [5.41, 5.74) is -2.16. The van der Waals surface area contributed by atoms with Crippen LogP contribution >= 0.6 is 0 Å². The summed E-state index contributed by atoms with van der Waals surface area (Å²) in [6.45, 7) is 27.4. The van der Waals surface area contributed by atoms with E-state index in [2.05, 4.69) is 13.8 Å². The van der Waals surface area contributed by atoms with Gasteiger partial charge in [-0.2, -0.15) is 0 Å². The molecular weight excluding hydrogens is 644 g/mol. The van der Waals surface area contributed by atoms with Gasteiger partial charge in [-0.15, -0.1) is 0 Å². The van der Waals surface area contributed by atoms with Gasteiger partial charge in [0.2, 0.25) is 0 Å². The molecule has 6 atom stereocenters. The lowest BCUT2D eigenvalue weighted by molar-refractivity contribution is -0.321. The molecule has 1 aliphatic heterocycles. The maximum absolute atomic E-state index is 13.6. The molecule has 1 unspecified atom stereocenters. The van der Waals surface area contributed by atoms with Gasteiger partial charge in [-0.25, -0.2) is 0 Å². The van der Waals surface area contributed by atoms with Crippen molar-refractivity contribution in [2.24, 2.45) is 27.1 Å². The molecule has 0 amide bonds. The second-order valence-electron chi connectivity index (χ2n) is 18.4. The first-order valence-corrected chi connectivity index (χ1v) is 17.5. The van der Waals surface area contributed by atoms with Crippen LogP contribution in [0.1, 0.15) is 124 Å². The van der Waals surface area contributed by atoms with Crippen LogP contribution in [0.4, 0.5) is 0 Å². The van der Waals surface area contributed by atoms with Crippen molar-refractivity contribution < 1.29 is 52.4 Å². The molecule has 1 aliphatic carbocycles. The smallest absolute Gasteiger partial charge is 0.311 e. The van der Waals surface area contributed by atoms with Crippen LogP contribution in [0.2, 0.25) is 0 Å². The monoisotopic (exact) mass is 706 g/mol. The number of carbonyl (C=O) groups excluding carboxylic acids is 5. The van der Waals surface area contributed by atoms with Crippen LogP contribution in [0, 0.1) is 27.1 Å². The molecule has 0 saturated carbocycles. The number of hydrogen-bond acceptors (Lipinski definition) is 11. The summed E-state index contributed by atoms with van der Waals surface area (Å²) < 4.78 is 37.1. The van der Waals surface area contributed by atoms with Crippen molar-refractivity contribution in [3.63, 3.8) is 0 Å². The predicted octanol–water partition coefficient (Wildman–Crippen LogP) is 6.84. The second-order valence-corrected chi connectivity index (χ2v) is 18.4. The van der Waals surface area contributed by atoms with Gasteiger partial charge in [-0.1, -0.05) is 25.5 Å². The molecule has 0 aromatic carbocycles. The van der Waals surface area contributed by atoms with Crippen LogP contribution in [0.25, 0.3) is 0 Å². The molecule has 0 aromatic rings. The molecule has 11 heteroatoms. The number of ketones is 1. The van der Waals surface area contributed by atoms with Crippen LogP contribution < -0.4 is 0 Å². The minimum atomic E-state index is -1.39. The van der Waals surface area contributed by atoms with Crippen LogP contribution in [-0.4, -0.2) is 73.1 Å². The van der Waals surface area contributed by atoms with Crippen molar-refractivity contribution in [3.8, 4) is 0 Å². The zero-order valence-corrected chi connectivity index (χ0v) is 33.2. The molecular formula is C39H62O11. The molecule has 0 radical (unpaired) electrons. The molecule has 0 spiro atoms. The standard InChI is InChI=1S/C39H62O11/c1-22-19-24(20-39(15,16)25(22)18-17-23(2)40)46-30-29(50-34(44)38(12,13)14)28(49-33(43)37(9,10)11)27(48-32(42)36(6,7)8)26(47-30)21-45-31(41)35(3,4)5/h17-18,24,26-30H,19-21H2,1-16H3/b18-17+/t24?,26-,27-,28+,29-,30-/m1/s1. The molecule has 1 saturated heterocycles. The third-order valence-electron chi connectivity index (χ3n) is 8.42. The predicted molar refractivity (Wildman–Crippen MR) is 187 cm³/mol. The van der Waals surface area contributed by atoms with Crippen molar-refractivity contribution in [2.45, 2.75) is 160 Å². The maximum atomic E-state index is 13.6. The highest BCUT2D eigenvalue weighted by atomic mass is 16.7. The van der Waals surface area contributed by atoms with Crippen molar-refractivity contribution in [1.29, 1.82) is 0 Å². The van der Waals surface area contributed by atoms with E-state index in [1.807, 2.05) is 13.0 Å². The number of esters is 4. The van der Waals surface area contributed by atoms with Crippen molar-refractivity contribution in [1.82, 2.24) is 0 Å². The van der Waals surface area contributed by atoms with E-state index in [0.717, 1.165) is 11.1 Å². The Morgan fingerprint density at radius 2 is 1.16 bits per heavy atom. The zero-order valence-electron chi connectivity index (χ0n) is 33.2. The molecule has 1 fully saturated rings. The number of carbonyl (C=O) groups is 5. The Morgan fingerprint density at radius 1 is 0.720 bits per heavy atom.